The SMILES string of the molecule is Cc1cc2cc(OCC3=CN(C4CCNCC4(F)F)C(C)S3)ccc2o1. The molecule has 2 atom stereocenters. The molecule has 4 rings (SSSR count). The summed E-state index contributed by atoms with van der Waals surface area (Å²) in [6.45, 7) is 4.62. The molecule has 1 aromatic heterocycles. The molecule has 2 aromatic rings. The van der Waals surface area contributed by atoms with Crippen molar-refractivity contribution in [3.63, 3.8) is 0 Å². The molecule has 1 aromatic carbocycles. The molecule has 26 heavy (non-hydrogen) atoms. The summed E-state index contributed by atoms with van der Waals surface area (Å²) in [6, 6.07) is 6.91. The van der Waals surface area contributed by atoms with E-state index in [0.717, 1.165) is 27.4 Å². The van der Waals surface area contributed by atoms with Crippen molar-refractivity contribution in [1.29, 1.82) is 0 Å². The number of benzene rings is 1. The highest BCUT2D eigenvalue weighted by atomic mass is 32.2. The van der Waals surface area contributed by atoms with E-state index in [4.69, 9.17) is 9.15 Å². The molecule has 0 saturated carbocycles. The molecular formula is C19H22F2N2O2S. The highest BCUT2D eigenvalue weighted by molar-refractivity contribution is 8.03. The van der Waals surface area contributed by atoms with Gasteiger partial charge in [0.25, 0.3) is 5.92 Å². The molecule has 0 spiro atoms. The smallest absolute Gasteiger partial charge is 0.280 e. The summed E-state index contributed by atoms with van der Waals surface area (Å²) in [5.41, 5.74) is 0.831. The van der Waals surface area contributed by atoms with Crippen LogP contribution in [0, 0.1) is 6.92 Å². The van der Waals surface area contributed by atoms with Crippen LogP contribution in [-0.4, -0.2) is 41.9 Å². The summed E-state index contributed by atoms with van der Waals surface area (Å²) in [5.74, 6) is -1.11. The monoisotopic (exact) mass is 380 g/mol. The third kappa shape index (κ3) is 3.42. The number of aryl methyl sites for hydroxylation is 1. The normalized spacial score (nSPS) is 25.5. The van der Waals surface area contributed by atoms with Gasteiger partial charge in [-0.3, -0.25) is 0 Å². The number of piperidine rings is 1. The molecule has 1 fully saturated rings. The van der Waals surface area contributed by atoms with E-state index < -0.39 is 12.0 Å². The van der Waals surface area contributed by atoms with Gasteiger partial charge in [-0.2, -0.15) is 0 Å². The maximum atomic E-state index is 14.2. The van der Waals surface area contributed by atoms with E-state index in [0.29, 0.717) is 19.6 Å². The number of alkyl halides is 2. The Morgan fingerprint density at radius 3 is 3.04 bits per heavy atom. The van der Waals surface area contributed by atoms with Crippen LogP contribution in [0.5, 0.6) is 5.75 Å². The molecule has 2 aliphatic heterocycles. The fraction of sp³-hybridized carbons (Fsp3) is 0.474. The van der Waals surface area contributed by atoms with Gasteiger partial charge in [-0.15, -0.1) is 11.8 Å². The van der Waals surface area contributed by atoms with Gasteiger partial charge in [0.1, 0.15) is 23.7 Å². The molecule has 0 bridgehead atoms. The van der Waals surface area contributed by atoms with Crippen LogP contribution in [0.25, 0.3) is 11.0 Å². The average Bonchev–Trinajstić information content (AvgIpc) is 3.13. The standard InChI is InChI=1S/C19H22F2N2O2S/c1-12-7-14-8-15(3-4-17(14)25-12)24-10-16-9-23(13(2)26-16)18-5-6-22-11-19(18,20)21/h3-4,7-9,13,18,22H,5-6,10-11H2,1-2H3. The van der Waals surface area contributed by atoms with Gasteiger partial charge in [-0.05, 0) is 51.1 Å². The summed E-state index contributed by atoms with van der Waals surface area (Å²) in [7, 11) is 0. The molecule has 7 heteroatoms. The molecular weight excluding hydrogens is 358 g/mol. The molecule has 3 heterocycles. The van der Waals surface area contributed by atoms with Gasteiger partial charge in [-0.1, -0.05) is 0 Å². The Hall–Kier alpha value is -1.73. The third-order valence-corrected chi connectivity index (χ3v) is 5.94. The topological polar surface area (TPSA) is 37.6 Å². The number of nitrogens with zero attached hydrogens (tertiary/aromatic N) is 1. The summed E-state index contributed by atoms with van der Waals surface area (Å²) in [4.78, 5) is 2.77. The summed E-state index contributed by atoms with van der Waals surface area (Å²) >= 11 is 1.58. The molecule has 2 aliphatic rings. The Kier molecular flexibility index (Phi) is 4.61. The predicted molar refractivity (Wildman–Crippen MR) is 99.6 cm³/mol. The number of nitrogens with one attached hydrogen (secondary N) is 1. The van der Waals surface area contributed by atoms with Gasteiger partial charge in [0, 0.05) is 16.5 Å². The van der Waals surface area contributed by atoms with Crippen molar-refractivity contribution in [2.75, 3.05) is 19.7 Å². The predicted octanol–water partition coefficient (Wildman–Crippen LogP) is 4.35. The number of furan rings is 1. The van der Waals surface area contributed by atoms with E-state index in [1.807, 2.05) is 44.3 Å². The van der Waals surface area contributed by atoms with Crippen molar-refractivity contribution in [3.8, 4) is 5.75 Å². The first-order chi connectivity index (χ1) is 12.4. The van der Waals surface area contributed by atoms with Crippen LogP contribution in [0.2, 0.25) is 0 Å². The van der Waals surface area contributed by atoms with E-state index in [2.05, 4.69) is 5.32 Å². The highest BCUT2D eigenvalue weighted by Gasteiger charge is 2.46. The van der Waals surface area contributed by atoms with Gasteiger partial charge in [-0.25, -0.2) is 8.78 Å². The first-order valence-corrected chi connectivity index (χ1v) is 9.67. The zero-order valence-corrected chi connectivity index (χ0v) is 15.6. The molecule has 1 saturated heterocycles. The number of rotatable bonds is 4. The minimum atomic E-state index is -2.72. The van der Waals surface area contributed by atoms with Crippen molar-refractivity contribution in [1.82, 2.24) is 10.2 Å². The van der Waals surface area contributed by atoms with E-state index >= 15 is 0 Å². The summed E-state index contributed by atoms with van der Waals surface area (Å²) in [5, 5.41) is 3.77. The van der Waals surface area contributed by atoms with Crippen LogP contribution in [-0.2, 0) is 0 Å². The van der Waals surface area contributed by atoms with Crippen molar-refractivity contribution in [3.05, 3.63) is 41.1 Å². The van der Waals surface area contributed by atoms with Crippen LogP contribution in [0.15, 0.2) is 39.8 Å². The zero-order valence-electron chi connectivity index (χ0n) is 14.8. The number of thioether (sulfide) groups is 1. The Bertz CT molecular complexity index is 836. The van der Waals surface area contributed by atoms with Crippen molar-refractivity contribution >= 4 is 22.7 Å². The summed E-state index contributed by atoms with van der Waals surface area (Å²) < 4.78 is 39.9. The van der Waals surface area contributed by atoms with Gasteiger partial charge in [0.15, 0.2) is 0 Å². The van der Waals surface area contributed by atoms with E-state index in [-0.39, 0.29) is 11.9 Å². The van der Waals surface area contributed by atoms with E-state index in [1.165, 1.54) is 0 Å². The maximum Gasteiger partial charge on any atom is 0.280 e. The number of hydrogen-bond donors (Lipinski definition) is 1. The number of ether oxygens (including phenoxy) is 1. The molecule has 0 aliphatic carbocycles. The Labute approximate surface area is 155 Å². The van der Waals surface area contributed by atoms with Gasteiger partial charge in [0.2, 0.25) is 0 Å². The lowest BCUT2D eigenvalue weighted by Crippen LogP contribution is -2.56. The van der Waals surface area contributed by atoms with Crippen molar-refractivity contribution in [2.24, 2.45) is 0 Å². The maximum absolute atomic E-state index is 14.2. The molecule has 2 unspecified atom stereocenters. The number of halogens is 2. The second kappa shape index (κ2) is 6.78. The molecule has 4 nitrogen and oxygen atoms in total. The fourth-order valence-corrected chi connectivity index (χ4v) is 4.66. The van der Waals surface area contributed by atoms with Crippen molar-refractivity contribution in [2.45, 2.75) is 37.6 Å². The average molecular weight is 380 g/mol. The lowest BCUT2D eigenvalue weighted by atomic mass is 10.0. The lowest BCUT2D eigenvalue weighted by Gasteiger charge is -2.39. The fourth-order valence-electron chi connectivity index (χ4n) is 3.58. The molecule has 0 amide bonds. The Morgan fingerprint density at radius 1 is 1.38 bits per heavy atom. The highest BCUT2D eigenvalue weighted by Crippen LogP contribution is 2.39. The zero-order chi connectivity index (χ0) is 18.3. The minimum absolute atomic E-state index is 0.0124. The van der Waals surface area contributed by atoms with Crippen LogP contribution < -0.4 is 10.1 Å². The molecule has 0 radical (unpaired) electrons. The van der Waals surface area contributed by atoms with Crippen LogP contribution >= 0.6 is 11.8 Å². The van der Waals surface area contributed by atoms with Crippen LogP contribution in [0.1, 0.15) is 19.1 Å². The second-order valence-corrected chi connectivity index (χ2v) is 8.29. The minimum Gasteiger partial charge on any atom is -0.488 e. The first kappa shape index (κ1) is 17.7. The third-order valence-electron chi connectivity index (χ3n) is 4.83. The quantitative estimate of drug-likeness (QED) is 0.853. The lowest BCUT2D eigenvalue weighted by molar-refractivity contribution is -0.0842. The Morgan fingerprint density at radius 2 is 2.23 bits per heavy atom. The van der Waals surface area contributed by atoms with Crippen LogP contribution in [0.3, 0.4) is 0 Å². The second-order valence-electron chi connectivity index (χ2n) is 6.85. The number of fused-ring (bicyclic) bond motifs is 1. The Balaban J connectivity index is 1.44. The molecule has 1 N–H and O–H groups in total. The van der Waals surface area contributed by atoms with E-state index in [9.17, 15) is 8.78 Å². The van der Waals surface area contributed by atoms with Gasteiger partial charge in [0.05, 0.1) is 18.0 Å². The first-order valence-electron chi connectivity index (χ1n) is 8.79. The van der Waals surface area contributed by atoms with Crippen molar-refractivity contribution < 1.29 is 17.9 Å². The number of hydrogen-bond acceptors (Lipinski definition) is 5. The summed E-state index contributed by atoms with van der Waals surface area (Å²) in [6.07, 6.45) is 2.29. The van der Waals surface area contributed by atoms with Gasteiger partial charge < -0.3 is 19.4 Å². The van der Waals surface area contributed by atoms with E-state index in [1.54, 1.807) is 16.7 Å². The molecule has 140 valence electrons. The largest absolute Gasteiger partial charge is 0.488 e. The van der Waals surface area contributed by atoms with Gasteiger partial charge >= 0.3 is 0 Å². The van der Waals surface area contributed by atoms with Crippen LogP contribution in [0.4, 0.5) is 8.78 Å².